The number of hydrogen-bond acceptors (Lipinski definition) is 2. The van der Waals surface area contributed by atoms with Crippen molar-refractivity contribution in [1.82, 2.24) is 5.32 Å². The zero-order chi connectivity index (χ0) is 5.98. The zero-order valence-electron chi connectivity index (χ0n) is 5.11. The van der Waals surface area contributed by atoms with Gasteiger partial charge in [-0.15, -0.1) is 11.8 Å². The molecule has 8 heavy (non-hydrogen) atoms. The third kappa shape index (κ3) is 1.26. The van der Waals surface area contributed by atoms with Crippen LogP contribution in [0.15, 0.2) is 12.2 Å². The van der Waals surface area contributed by atoms with Crippen LogP contribution in [-0.2, 0) is 0 Å². The molecule has 0 aromatic heterocycles. The molecule has 1 rings (SSSR count). The van der Waals surface area contributed by atoms with Crippen LogP contribution in [0, 0.1) is 0 Å². The SMILES string of the molecule is C=C(C)[C@@H]1CSCN1. The van der Waals surface area contributed by atoms with Gasteiger partial charge in [-0.25, -0.2) is 0 Å². The minimum atomic E-state index is 0.583. The van der Waals surface area contributed by atoms with E-state index in [1.807, 2.05) is 11.8 Å². The van der Waals surface area contributed by atoms with E-state index >= 15 is 0 Å². The van der Waals surface area contributed by atoms with Crippen LogP contribution < -0.4 is 5.32 Å². The minimum absolute atomic E-state index is 0.583. The average molecular weight is 129 g/mol. The predicted molar refractivity (Wildman–Crippen MR) is 39.1 cm³/mol. The van der Waals surface area contributed by atoms with Gasteiger partial charge in [-0.2, -0.15) is 0 Å². The highest BCUT2D eigenvalue weighted by Crippen LogP contribution is 2.13. The van der Waals surface area contributed by atoms with Gasteiger partial charge < -0.3 is 5.32 Å². The van der Waals surface area contributed by atoms with E-state index in [4.69, 9.17) is 0 Å². The molecule has 0 bridgehead atoms. The zero-order valence-corrected chi connectivity index (χ0v) is 5.92. The monoisotopic (exact) mass is 129 g/mol. The van der Waals surface area contributed by atoms with Crippen LogP contribution in [0.5, 0.6) is 0 Å². The van der Waals surface area contributed by atoms with Crippen LogP contribution in [0.1, 0.15) is 6.92 Å². The van der Waals surface area contributed by atoms with Crippen LogP contribution in [0.3, 0.4) is 0 Å². The summed E-state index contributed by atoms with van der Waals surface area (Å²) < 4.78 is 0. The molecular formula is C6H11NS. The Balaban J connectivity index is 2.35. The minimum Gasteiger partial charge on any atom is -0.301 e. The first-order chi connectivity index (χ1) is 3.80. The lowest BCUT2D eigenvalue weighted by atomic mass is 10.2. The molecule has 0 amide bonds. The summed E-state index contributed by atoms with van der Waals surface area (Å²) in [6, 6.07) is 0.583. The third-order valence-electron chi connectivity index (χ3n) is 1.31. The van der Waals surface area contributed by atoms with E-state index in [1.54, 1.807) is 0 Å². The van der Waals surface area contributed by atoms with Gasteiger partial charge in [-0.05, 0) is 6.92 Å². The summed E-state index contributed by atoms with van der Waals surface area (Å²) in [6.45, 7) is 5.93. The molecule has 1 fully saturated rings. The molecular weight excluding hydrogens is 118 g/mol. The first-order valence-corrected chi connectivity index (χ1v) is 3.92. The number of nitrogens with one attached hydrogen (secondary N) is 1. The Morgan fingerprint density at radius 3 is 2.88 bits per heavy atom. The number of thioether (sulfide) groups is 1. The first kappa shape index (κ1) is 6.17. The molecule has 0 spiro atoms. The normalized spacial score (nSPS) is 28.4. The van der Waals surface area contributed by atoms with Crippen LogP contribution in [0.4, 0.5) is 0 Å². The van der Waals surface area contributed by atoms with Crippen molar-refractivity contribution >= 4 is 11.8 Å². The maximum atomic E-state index is 3.86. The van der Waals surface area contributed by atoms with Crippen LogP contribution in [0.2, 0.25) is 0 Å². The molecule has 0 aromatic rings. The van der Waals surface area contributed by atoms with E-state index in [1.165, 1.54) is 11.3 Å². The van der Waals surface area contributed by atoms with Crippen molar-refractivity contribution in [3.63, 3.8) is 0 Å². The van der Waals surface area contributed by atoms with Crippen molar-refractivity contribution in [1.29, 1.82) is 0 Å². The van der Waals surface area contributed by atoms with Gasteiger partial charge in [0.2, 0.25) is 0 Å². The van der Waals surface area contributed by atoms with Crippen molar-refractivity contribution in [2.24, 2.45) is 0 Å². The highest BCUT2D eigenvalue weighted by Gasteiger charge is 2.13. The van der Waals surface area contributed by atoms with E-state index in [0.29, 0.717) is 6.04 Å². The predicted octanol–water partition coefficient (Wildman–Crippen LogP) is 1.22. The van der Waals surface area contributed by atoms with Gasteiger partial charge in [0.15, 0.2) is 0 Å². The summed E-state index contributed by atoms with van der Waals surface area (Å²) in [5, 5.41) is 3.32. The van der Waals surface area contributed by atoms with Crippen LogP contribution in [0.25, 0.3) is 0 Å². The molecule has 1 saturated heterocycles. The van der Waals surface area contributed by atoms with Crippen molar-refractivity contribution < 1.29 is 0 Å². The summed E-state index contributed by atoms with van der Waals surface area (Å²) in [4.78, 5) is 0. The Hall–Kier alpha value is 0.0500. The molecule has 1 atom stereocenters. The second-order valence-electron chi connectivity index (χ2n) is 2.12. The number of hydrogen-bond donors (Lipinski definition) is 1. The van der Waals surface area contributed by atoms with Crippen molar-refractivity contribution in [3.05, 3.63) is 12.2 Å². The molecule has 2 heteroatoms. The summed E-state index contributed by atoms with van der Waals surface area (Å²) in [5.74, 6) is 2.30. The van der Waals surface area contributed by atoms with Gasteiger partial charge in [-0.1, -0.05) is 12.2 Å². The van der Waals surface area contributed by atoms with Crippen LogP contribution in [-0.4, -0.2) is 17.7 Å². The standard InChI is InChI=1S/C6H11NS/c1-5(2)6-3-8-4-7-6/h6-7H,1,3-4H2,2H3/t6-/m0/s1. The molecule has 0 saturated carbocycles. The second kappa shape index (κ2) is 2.55. The molecule has 1 heterocycles. The van der Waals surface area contributed by atoms with E-state index in [0.717, 1.165) is 5.88 Å². The topological polar surface area (TPSA) is 12.0 Å². The summed E-state index contributed by atoms with van der Waals surface area (Å²) in [6.07, 6.45) is 0. The lowest BCUT2D eigenvalue weighted by Gasteiger charge is -2.05. The molecule has 0 aromatic carbocycles. The van der Waals surface area contributed by atoms with E-state index in [2.05, 4.69) is 18.8 Å². The molecule has 1 N–H and O–H groups in total. The fraction of sp³-hybridized carbons (Fsp3) is 0.667. The Bertz CT molecular complexity index is 94.7. The highest BCUT2D eigenvalue weighted by atomic mass is 32.2. The lowest BCUT2D eigenvalue weighted by Crippen LogP contribution is -2.23. The second-order valence-corrected chi connectivity index (χ2v) is 3.15. The fourth-order valence-corrected chi connectivity index (χ4v) is 1.79. The van der Waals surface area contributed by atoms with Gasteiger partial charge in [0, 0.05) is 17.7 Å². The van der Waals surface area contributed by atoms with Gasteiger partial charge in [0.25, 0.3) is 0 Å². The fourth-order valence-electron chi connectivity index (χ4n) is 0.712. The van der Waals surface area contributed by atoms with E-state index in [9.17, 15) is 0 Å². The van der Waals surface area contributed by atoms with Crippen molar-refractivity contribution in [2.45, 2.75) is 13.0 Å². The third-order valence-corrected chi connectivity index (χ3v) is 2.25. The van der Waals surface area contributed by atoms with Crippen molar-refractivity contribution in [2.75, 3.05) is 11.6 Å². The Morgan fingerprint density at radius 2 is 2.62 bits per heavy atom. The van der Waals surface area contributed by atoms with E-state index < -0.39 is 0 Å². The summed E-state index contributed by atoms with van der Waals surface area (Å²) >= 11 is 1.94. The van der Waals surface area contributed by atoms with Gasteiger partial charge in [0.1, 0.15) is 0 Å². The van der Waals surface area contributed by atoms with Crippen molar-refractivity contribution in [3.8, 4) is 0 Å². The smallest absolute Gasteiger partial charge is 0.0423 e. The molecule has 1 nitrogen and oxygen atoms in total. The maximum Gasteiger partial charge on any atom is 0.0423 e. The Labute approximate surface area is 54.5 Å². The van der Waals surface area contributed by atoms with E-state index in [-0.39, 0.29) is 0 Å². The maximum absolute atomic E-state index is 3.86. The lowest BCUT2D eigenvalue weighted by molar-refractivity contribution is 0.718. The first-order valence-electron chi connectivity index (χ1n) is 2.77. The average Bonchev–Trinajstić information content (AvgIpc) is 2.12. The Kier molecular flexibility index (Phi) is 1.97. The quantitative estimate of drug-likeness (QED) is 0.534. The van der Waals surface area contributed by atoms with Crippen LogP contribution >= 0.6 is 11.8 Å². The molecule has 1 aliphatic rings. The molecule has 0 aliphatic carbocycles. The van der Waals surface area contributed by atoms with Gasteiger partial charge >= 0.3 is 0 Å². The number of rotatable bonds is 1. The summed E-state index contributed by atoms with van der Waals surface area (Å²) in [7, 11) is 0. The van der Waals surface area contributed by atoms with Gasteiger partial charge in [0.05, 0.1) is 0 Å². The molecule has 0 radical (unpaired) electrons. The molecule has 1 aliphatic heterocycles. The highest BCUT2D eigenvalue weighted by molar-refractivity contribution is 7.99. The Morgan fingerprint density at radius 1 is 1.88 bits per heavy atom. The largest absolute Gasteiger partial charge is 0.301 e. The summed E-state index contributed by atoms with van der Waals surface area (Å²) in [5.41, 5.74) is 1.26. The van der Waals surface area contributed by atoms with Gasteiger partial charge in [-0.3, -0.25) is 0 Å². The molecule has 46 valence electrons. The molecule has 0 unspecified atom stereocenters.